The number of hydrogen-bond donors (Lipinski definition) is 2. The normalized spacial score (nSPS) is 12.1. The SMILES string of the molecule is C[C@H](NC(=O)/C=C/c1ccccc1)C(=O)NCc1ccccc1CN(C)C. The summed E-state index contributed by atoms with van der Waals surface area (Å²) in [5.41, 5.74) is 3.18. The maximum atomic E-state index is 12.3. The molecule has 142 valence electrons. The Balaban J connectivity index is 1.85. The molecule has 0 aromatic heterocycles. The Hall–Kier alpha value is -2.92. The lowest BCUT2D eigenvalue weighted by Crippen LogP contribution is -2.44. The summed E-state index contributed by atoms with van der Waals surface area (Å²) in [7, 11) is 4.02. The molecule has 2 amide bonds. The van der Waals surface area contributed by atoms with Crippen LogP contribution >= 0.6 is 0 Å². The Kier molecular flexibility index (Phi) is 7.77. The molecule has 0 heterocycles. The summed E-state index contributed by atoms with van der Waals surface area (Å²) in [4.78, 5) is 26.4. The van der Waals surface area contributed by atoms with Crippen LogP contribution in [0.1, 0.15) is 23.6 Å². The Labute approximate surface area is 161 Å². The molecule has 0 radical (unpaired) electrons. The molecular weight excluding hydrogens is 338 g/mol. The smallest absolute Gasteiger partial charge is 0.244 e. The van der Waals surface area contributed by atoms with Crippen LogP contribution in [0.25, 0.3) is 6.08 Å². The lowest BCUT2D eigenvalue weighted by molar-refractivity contribution is -0.126. The van der Waals surface area contributed by atoms with Gasteiger partial charge in [0.05, 0.1) is 0 Å². The van der Waals surface area contributed by atoms with Crippen LogP contribution in [0.5, 0.6) is 0 Å². The lowest BCUT2D eigenvalue weighted by Gasteiger charge is -2.16. The average molecular weight is 365 g/mol. The second-order valence-corrected chi connectivity index (χ2v) is 6.70. The van der Waals surface area contributed by atoms with Gasteiger partial charge in [0.2, 0.25) is 11.8 Å². The fourth-order valence-corrected chi connectivity index (χ4v) is 2.62. The van der Waals surface area contributed by atoms with Gasteiger partial charge >= 0.3 is 0 Å². The van der Waals surface area contributed by atoms with Gasteiger partial charge in [-0.25, -0.2) is 0 Å². The number of hydrogen-bond acceptors (Lipinski definition) is 3. The summed E-state index contributed by atoms with van der Waals surface area (Å²) >= 11 is 0. The second-order valence-electron chi connectivity index (χ2n) is 6.70. The summed E-state index contributed by atoms with van der Waals surface area (Å²) in [5, 5.41) is 5.58. The number of rotatable bonds is 8. The third kappa shape index (κ3) is 7.07. The van der Waals surface area contributed by atoms with Gasteiger partial charge in [0.25, 0.3) is 0 Å². The van der Waals surface area contributed by atoms with Crippen LogP contribution in [0.3, 0.4) is 0 Å². The fourth-order valence-electron chi connectivity index (χ4n) is 2.62. The Bertz CT molecular complexity index is 785. The highest BCUT2D eigenvalue weighted by molar-refractivity contribution is 5.95. The molecule has 0 aliphatic rings. The minimum Gasteiger partial charge on any atom is -0.350 e. The van der Waals surface area contributed by atoms with Crippen molar-refractivity contribution in [1.82, 2.24) is 15.5 Å². The number of benzene rings is 2. The molecule has 2 aromatic rings. The zero-order valence-electron chi connectivity index (χ0n) is 16.1. The molecule has 0 bridgehead atoms. The zero-order chi connectivity index (χ0) is 19.6. The molecule has 0 aliphatic heterocycles. The Morgan fingerprint density at radius 3 is 2.30 bits per heavy atom. The van der Waals surface area contributed by atoms with Crippen LogP contribution < -0.4 is 10.6 Å². The van der Waals surface area contributed by atoms with Crippen LogP contribution in [0.15, 0.2) is 60.7 Å². The van der Waals surface area contributed by atoms with Crippen molar-refractivity contribution in [3.63, 3.8) is 0 Å². The van der Waals surface area contributed by atoms with Crippen LogP contribution in [-0.2, 0) is 22.7 Å². The molecule has 0 saturated heterocycles. The van der Waals surface area contributed by atoms with E-state index in [1.807, 2.05) is 62.6 Å². The van der Waals surface area contributed by atoms with Crippen molar-refractivity contribution >= 4 is 17.9 Å². The number of nitrogens with one attached hydrogen (secondary N) is 2. The number of amides is 2. The van der Waals surface area contributed by atoms with E-state index in [2.05, 4.69) is 21.6 Å². The summed E-state index contributed by atoms with van der Waals surface area (Å²) in [6, 6.07) is 16.9. The molecule has 0 fully saturated rings. The summed E-state index contributed by atoms with van der Waals surface area (Å²) < 4.78 is 0. The molecule has 2 N–H and O–H groups in total. The number of nitrogens with zero attached hydrogens (tertiary/aromatic N) is 1. The van der Waals surface area contributed by atoms with Crippen molar-refractivity contribution in [2.24, 2.45) is 0 Å². The molecular formula is C22H27N3O2. The monoisotopic (exact) mass is 365 g/mol. The van der Waals surface area contributed by atoms with Crippen molar-refractivity contribution < 1.29 is 9.59 Å². The molecule has 0 aliphatic carbocycles. The van der Waals surface area contributed by atoms with E-state index >= 15 is 0 Å². The first-order valence-corrected chi connectivity index (χ1v) is 8.98. The Morgan fingerprint density at radius 2 is 1.63 bits per heavy atom. The van der Waals surface area contributed by atoms with E-state index in [0.29, 0.717) is 6.54 Å². The fraction of sp³-hybridized carbons (Fsp3) is 0.273. The van der Waals surface area contributed by atoms with Gasteiger partial charge < -0.3 is 15.5 Å². The average Bonchev–Trinajstić information content (AvgIpc) is 2.65. The highest BCUT2D eigenvalue weighted by Crippen LogP contribution is 2.10. The highest BCUT2D eigenvalue weighted by atomic mass is 16.2. The van der Waals surface area contributed by atoms with E-state index in [4.69, 9.17) is 0 Å². The minimum atomic E-state index is -0.612. The molecule has 0 saturated carbocycles. The number of carbonyl (C=O) groups excluding carboxylic acids is 2. The predicted molar refractivity (Wildman–Crippen MR) is 109 cm³/mol. The van der Waals surface area contributed by atoms with Gasteiger partial charge in [0.1, 0.15) is 6.04 Å². The second kappa shape index (κ2) is 10.3. The first-order valence-electron chi connectivity index (χ1n) is 8.98. The van der Waals surface area contributed by atoms with Gasteiger partial charge in [0, 0.05) is 19.2 Å². The van der Waals surface area contributed by atoms with E-state index in [9.17, 15) is 9.59 Å². The molecule has 27 heavy (non-hydrogen) atoms. The number of carbonyl (C=O) groups is 2. The molecule has 5 nitrogen and oxygen atoms in total. The van der Waals surface area contributed by atoms with Crippen molar-refractivity contribution in [3.05, 3.63) is 77.4 Å². The largest absolute Gasteiger partial charge is 0.350 e. The maximum Gasteiger partial charge on any atom is 0.244 e. The lowest BCUT2D eigenvalue weighted by atomic mass is 10.1. The third-order valence-corrected chi connectivity index (χ3v) is 4.04. The molecule has 5 heteroatoms. The van der Waals surface area contributed by atoms with Crippen LogP contribution in [-0.4, -0.2) is 36.9 Å². The van der Waals surface area contributed by atoms with Crippen LogP contribution in [0.4, 0.5) is 0 Å². The van der Waals surface area contributed by atoms with Crippen molar-refractivity contribution in [3.8, 4) is 0 Å². The topological polar surface area (TPSA) is 61.4 Å². The van der Waals surface area contributed by atoms with E-state index in [1.165, 1.54) is 11.6 Å². The molecule has 2 rings (SSSR count). The predicted octanol–water partition coefficient (Wildman–Crippen LogP) is 2.58. The zero-order valence-corrected chi connectivity index (χ0v) is 16.1. The third-order valence-electron chi connectivity index (χ3n) is 4.04. The van der Waals surface area contributed by atoms with Gasteiger partial charge in [-0.2, -0.15) is 0 Å². The van der Waals surface area contributed by atoms with Gasteiger partial charge in [-0.05, 0) is 43.8 Å². The first-order chi connectivity index (χ1) is 13.0. The van der Waals surface area contributed by atoms with Crippen LogP contribution in [0.2, 0.25) is 0 Å². The molecule has 2 aromatic carbocycles. The van der Waals surface area contributed by atoms with Gasteiger partial charge in [-0.3, -0.25) is 9.59 Å². The quantitative estimate of drug-likeness (QED) is 0.707. The van der Waals surface area contributed by atoms with Gasteiger partial charge in [0.15, 0.2) is 0 Å². The summed E-state index contributed by atoms with van der Waals surface area (Å²) in [5.74, 6) is -0.509. The van der Waals surface area contributed by atoms with E-state index < -0.39 is 6.04 Å². The first kappa shape index (κ1) is 20.4. The summed E-state index contributed by atoms with van der Waals surface area (Å²) in [6.07, 6.45) is 3.16. The van der Waals surface area contributed by atoms with Crippen molar-refractivity contribution in [2.45, 2.75) is 26.1 Å². The Morgan fingerprint density at radius 1 is 1.00 bits per heavy atom. The molecule has 1 atom stereocenters. The van der Waals surface area contributed by atoms with Crippen molar-refractivity contribution in [2.75, 3.05) is 14.1 Å². The van der Waals surface area contributed by atoms with Crippen molar-refractivity contribution in [1.29, 1.82) is 0 Å². The van der Waals surface area contributed by atoms with Crippen LogP contribution in [0, 0.1) is 0 Å². The summed E-state index contributed by atoms with van der Waals surface area (Å²) in [6.45, 7) is 2.92. The van der Waals surface area contributed by atoms with Gasteiger partial charge in [-0.15, -0.1) is 0 Å². The minimum absolute atomic E-state index is 0.212. The van der Waals surface area contributed by atoms with E-state index in [0.717, 1.165) is 17.7 Å². The maximum absolute atomic E-state index is 12.3. The van der Waals surface area contributed by atoms with E-state index in [-0.39, 0.29) is 11.8 Å². The van der Waals surface area contributed by atoms with Gasteiger partial charge in [-0.1, -0.05) is 54.6 Å². The highest BCUT2D eigenvalue weighted by Gasteiger charge is 2.14. The molecule has 0 unspecified atom stereocenters. The standard InChI is InChI=1S/C22H27N3O2/c1-17(24-21(26)14-13-18-9-5-4-6-10-18)22(27)23-15-19-11-7-8-12-20(19)16-25(2)3/h4-14,17H,15-16H2,1-3H3,(H,23,27)(H,24,26)/b14-13+/t17-/m0/s1. The molecule has 0 spiro atoms. The van der Waals surface area contributed by atoms with E-state index in [1.54, 1.807) is 13.0 Å².